The van der Waals surface area contributed by atoms with Gasteiger partial charge in [0.15, 0.2) is 0 Å². The molecule has 5 rings (SSSR count). The van der Waals surface area contributed by atoms with E-state index >= 15 is 0 Å². The number of rotatable bonds is 3. The van der Waals surface area contributed by atoms with Gasteiger partial charge in [0.25, 0.3) is 5.56 Å². The molecule has 4 aliphatic heterocycles. The Kier molecular flexibility index (Phi) is 4.80. The molecule has 156 valence electrons. The van der Waals surface area contributed by atoms with Crippen LogP contribution in [0.1, 0.15) is 38.5 Å². The van der Waals surface area contributed by atoms with Crippen LogP contribution in [0.5, 0.6) is 0 Å². The standard InChI is InChI=1S/C21H29N5O3/c27-19-5-3-4-18-16-8-15(12-25(18)19)11-24(13-16)21(29)14-26-20(28)9-17(10-22-26)23-6-1-2-7-23/h9-10,15-16,18H,1-8,11-14H2. The van der Waals surface area contributed by atoms with Gasteiger partial charge in [-0.3, -0.25) is 14.4 Å². The smallest absolute Gasteiger partial charge is 0.269 e. The summed E-state index contributed by atoms with van der Waals surface area (Å²) < 4.78 is 1.28. The summed E-state index contributed by atoms with van der Waals surface area (Å²) >= 11 is 0. The molecule has 2 amide bonds. The highest BCUT2D eigenvalue weighted by Crippen LogP contribution is 2.37. The van der Waals surface area contributed by atoms with Crippen molar-refractivity contribution in [2.24, 2.45) is 11.8 Å². The molecule has 4 fully saturated rings. The van der Waals surface area contributed by atoms with E-state index in [-0.39, 0.29) is 30.0 Å². The predicted molar refractivity (Wildman–Crippen MR) is 107 cm³/mol. The first-order valence-electron chi connectivity index (χ1n) is 11.0. The lowest BCUT2D eigenvalue weighted by molar-refractivity contribution is -0.149. The van der Waals surface area contributed by atoms with E-state index in [0.29, 0.717) is 31.3 Å². The van der Waals surface area contributed by atoms with Gasteiger partial charge in [0, 0.05) is 51.3 Å². The number of hydrogen-bond donors (Lipinski definition) is 0. The van der Waals surface area contributed by atoms with Crippen LogP contribution >= 0.6 is 0 Å². The van der Waals surface area contributed by atoms with E-state index in [0.717, 1.165) is 57.4 Å². The van der Waals surface area contributed by atoms with E-state index in [9.17, 15) is 14.4 Å². The number of carbonyl (C=O) groups excluding carboxylic acids is 2. The second kappa shape index (κ2) is 7.46. The minimum Gasteiger partial charge on any atom is -0.370 e. The van der Waals surface area contributed by atoms with Crippen LogP contribution in [-0.2, 0) is 16.1 Å². The zero-order chi connectivity index (χ0) is 20.0. The molecule has 1 aromatic rings. The minimum atomic E-state index is -0.219. The fourth-order valence-corrected chi connectivity index (χ4v) is 5.73. The fraction of sp³-hybridized carbons (Fsp3) is 0.714. The maximum absolute atomic E-state index is 13.0. The third-order valence-corrected chi connectivity index (χ3v) is 7.14. The number of aromatic nitrogens is 2. The topological polar surface area (TPSA) is 78.8 Å². The average Bonchev–Trinajstić information content (AvgIpc) is 3.25. The van der Waals surface area contributed by atoms with Gasteiger partial charge in [-0.05, 0) is 43.9 Å². The van der Waals surface area contributed by atoms with Gasteiger partial charge in [-0.25, -0.2) is 4.68 Å². The molecule has 8 heteroatoms. The molecule has 2 bridgehead atoms. The molecule has 0 aromatic carbocycles. The Bertz CT molecular complexity index is 862. The van der Waals surface area contributed by atoms with E-state index in [1.807, 2.05) is 4.90 Å². The van der Waals surface area contributed by atoms with Crippen molar-refractivity contribution in [1.29, 1.82) is 0 Å². The van der Waals surface area contributed by atoms with Crippen LogP contribution in [0.4, 0.5) is 5.69 Å². The molecular weight excluding hydrogens is 370 g/mol. The second-order valence-electron chi connectivity index (χ2n) is 9.07. The molecular formula is C21H29N5O3. The summed E-state index contributed by atoms with van der Waals surface area (Å²) in [6.07, 6.45) is 7.76. The van der Waals surface area contributed by atoms with Crippen LogP contribution in [0.25, 0.3) is 0 Å². The van der Waals surface area contributed by atoms with Gasteiger partial charge in [-0.15, -0.1) is 0 Å². The van der Waals surface area contributed by atoms with Crippen LogP contribution in [0, 0.1) is 11.8 Å². The molecule has 0 radical (unpaired) electrons. The minimum absolute atomic E-state index is 0.00807. The number of hydrogen-bond acceptors (Lipinski definition) is 5. The summed E-state index contributed by atoms with van der Waals surface area (Å²) in [5.41, 5.74) is 0.634. The van der Waals surface area contributed by atoms with Crippen molar-refractivity contribution < 1.29 is 9.59 Å². The number of anilines is 1. The van der Waals surface area contributed by atoms with Crippen molar-refractivity contribution in [3.8, 4) is 0 Å². The molecule has 4 saturated heterocycles. The summed E-state index contributed by atoms with van der Waals surface area (Å²) in [5, 5.41) is 4.27. The first-order valence-corrected chi connectivity index (χ1v) is 11.0. The number of piperidine rings is 3. The van der Waals surface area contributed by atoms with Crippen molar-refractivity contribution in [2.75, 3.05) is 37.6 Å². The van der Waals surface area contributed by atoms with Crippen molar-refractivity contribution in [2.45, 2.75) is 51.1 Å². The highest BCUT2D eigenvalue weighted by molar-refractivity contribution is 5.78. The van der Waals surface area contributed by atoms with Crippen molar-refractivity contribution >= 4 is 17.5 Å². The molecule has 3 atom stereocenters. The SMILES string of the molecule is O=C(Cn1ncc(N2CCCC2)cc1=O)N1CC2CC(C1)C1CCCC(=O)N1C2. The summed E-state index contributed by atoms with van der Waals surface area (Å²) in [4.78, 5) is 43.9. The highest BCUT2D eigenvalue weighted by atomic mass is 16.2. The third kappa shape index (κ3) is 3.53. The molecule has 3 unspecified atom stereocenters. The van der Waals surface area contributed by atoms with Crippen LogP contribution in [0.15, 0.2) is 17.1 Å². The normalized spacial score (nSPS) is 29.2. The second-order valence-corrected chi connectivity index (χ2v) is 9.07. The average molecular weight is 399 g/mol. The van der Waals surface area contributed by atoms with E-state index in [4.69, 9.17) is 0 Å². The van der Waals surface area contributed by atoms with Crippen molar-refractivity contribution in [1.82, 2.24) is 19.6 Å². The van der Waals surface area contributed by atoms with E-state index in [1.165, 1.54) is 4.68 Å². The van der Waals surface area contributed by atoms with Gasteiger partial charge in [0.1, 0.15) is 6.54 Å². The van der Waals surface area contributed by atoms with Gasteiger partial charge >= 0.3 is 0 Å². The van der Waals surface area contributed by atoms with Gasteiger partial charge in [0.05, 0.1) is 11.9 Å². The molecule has 8 nitrogen and oxygen atoms in total. The molecule has 0 aliphatic carbocycles. The monoisotopic (exact) mass is 399 g/mol. The van der Waals surface area contributed by atoms with Crippen LogP contribution < -0.4 is 10.5 Å². The zero-order valence-corrected chi connectivity index (χ0v) is 16.8. The quantitative estimate of drug-likeness (QED) is 0.748. The molecule has 0 N–H and O–H groups in total. The van der Waals surface area contributed by atoms with Crippen molar-refractivity contribution in [3.05, 3.63) is 22.6 Å². The largest absolute Gasteiger partial charge is 0.370 e. The summed E-state index contributed by atoms with van der Waals surface area (Å²) in [7, 11) is 0. The molecule has 29 heavy (non-hydrogen) atoms. The molecule has 0 spiro atoms. The van der Waals surface area contributed by atoms with Crippen LogP contribution in [-0.4, -0.2) is 70.2 Å². The van der Waals surface area contributed by atoms with Gasteiger partial charge < -0.3 is 14.7 Å². The molecule has 1 aromatic heterocycles. The Balaban J connectivity index is 1.26. The zero-order valence-electron chi connectivity index (χ0n) is 16.8. The van der Waals surface area contributed by atoms with E-state index < -0.39 is 0 Å². The summed E-state index contributed by atoms with van der Waals surface area (Å²) in [6.45, 7) is 4.04. The molecule has 5 heterocycles. The highest BCUT2D eigenvalue weighted by Gasteiger charge is 2.44. The lowest BCUT2D eigenvalue weighted by Gasteiger charge is -2.52. The Hall–Kier alpha value is -2.38. The maximum atomic E-state index is 13.0. The predicted octanol–water partition coefficient (Wildman–Crippen LogP) is 0.703. The third-order valence-electron chi connectivity index (χ3n) is 7.14. The lowest BCUT2D eigenvalue weighted by atomic mass is 9.76. The Morgan fingerprint density at radius 1 is 1.10 bits per heavy atom. The number of amides is 2. The van der Waals surface area contributed by atoms with Crippen molar-refractivity contribution in [3.63, 3.8) is 0 Å². The lowest BCUT2D eigenvalue weighted by Crippen LogP contribution is -2.61. The maximum Gasteiger partial charge on any atom is 0.269 e. The number of nitrogens with zero attached hydrogens (tertiary/aromatic N) is 5. The molecule has 0 saturated carbocycles. The molecule has 4 aliphatic rings. The van der Waals surface area contributed by atoms with Gasteiger partial charge in [0.2, 0.25) is 11.8 Å². The summed E-state index contributed by atoms with van der Waals surface area (Å²) in [6, 6.07) is 1.88. The van der Waals surface area contributed by atoms with Gasteiger partial charge in [-0.1, -0.05) is 0 Å². The van der Waals surface area contributed by atoms with E-state index in [2.05, 4.69) is 14.9 Å². The number of fused-ring (bicyclic) bond motifs is 4. The Morgan fingerprint density at radius 2 is 1.93 bits per heavy atom. The first-order chi connectivity index (χ1) is 14.1. The number of carbonyl (C=O) groups is 2. The fourth-order valence-electron chi connectivity index (χ4n) is 5.73. The van der Waals surface area contributed by atoms with Crippen LogP contribution in [0.2, 0.25) is 0 Å². The Labute approximate surface area is 170 Å². The van der Waals surface area contributed by atoms with Crippen LogP contribution in [0.3, 0.4) is 0 Å². The van der Waals surface area contributed by atoms with E-state index in [1.54, 1.807) is 12.3 Å². The number of likely N-dealkylation sites (tertiary alicyclic amines) is 1. The van der Waals surface area contributed by atoms with Gasteiger partial charge in [-0.2, -0.15) is 5.10 Å². The Morgan fingerprint density at radius 3 is 2.72 bits per heavy atom. The first kappa shape index (κ1) is 18.6. The summed E-state index contributed by atoms with van der Waals surface area (Å²) in [5.74, 6) is 0.944.